The van der Waals surface area contributed by atoms with Crippen molar-refractivity contribution in [2.24, 2.45) is 0 Å². The van der Waals surface area contributed by atoms with Crippen LogP contribution in [-0.2, 0) is 4.79 Å². The Morgan fingerprint density at radius 2 is 1.90 bits per heavy atom. The second kappa shape index (κ2) is 6.59. The molecule has 0 unspecified atom stereocenters. The van der Waals surface area contributed by atoms with Gasteiger partial charge in [0.25, 0.3) is 0 Å². The van der Waals surface area contributed by atoms with E-state index in [1.807, 2.05) is 0 Å². The van der Waals surface area contributed by atoms with Crippen LogP contribution in [0, 0.1) is 5.82 Å². The molecule has 0 amide bonds. The Balaban J connectivity index is 2.34. The number of halogens is 2. The Morgan fingerprint density at radius 3 is 2.55 bits per heavy atom. The van der Waals surface area contributed by atoms with Gasteiger partial charge < -0.3 is 5.11 Å². The van der Waals surface area contributed by atoms with Gasteiger partial charge in [0, 0.05) is 16.0 Å². The second-order valence-electron chi connectivity index (χ2n) is 3.89. The van der Waals surface area contributed by atoms with Gasteiger partial charge in [-0.05, 0) is 42.0 Å². The van der Waals surface area contributed by atoms with Crippen molar-refractivity contribution in [3.8, 4) is 0 Å². The van der Waals surface area contributed by atoms with Gasteiger partial charge >= 0.3 is 5.97 Å². The van der Waals surface area contributed by atoms with Crippen LogP contribution < -0.4 is 0 Å². The summed E-state index contributed by atoms with van der Waals surface area (Å²) in [6, 6.07) is 11.6. The number of hydrogen-bond acceptors (Lipinski definition) is 2. The Bertz CT molecular complexity index is 653. The SMILES string of the molecule is O=C(O)C=Cc1cccc(F)c1Sc1ccc(Cl)cc1. The van der Waals surface area contributed by atoms with E-state index in [0.717, 1.165) is 11.0 Å². The van der Waals surface area contributed by atoms with E-state index in [1.165, 1.54) is 23.9 Å². The normalized spacial score (nSPS) is 10.9. The van der Waals surface area contributed by atoms with Crippen LogP contribution in [0.3, 0.4) is 0 Å². The molecule has 5 heteroatoms. The molecule has 0 aliphatic rings. The number of aliphatic carboxylic acids is 1. The molecule has 2 aromatic carbocycles. The van der Waals surface area contributed by atoms with Crippen molar-refractivity contribution in [3.05, 3.63) is 64.9 Å². The molecule has 0 atom stereocenters. The molecule has 102 valence electrons. The summed E-state index contributed by atoms with van der Waals surface area (Å²) in [7, 11) is 0. The van der Waals surface area contributed by atoms with Crippen LogP contribution in [0.25, 0.3) is 6.08 Å². The molecule has 0 fully saturated rings. The van der Waals surface area contributed by atoms with E-state index in [2.05, 4.69) is 0 Å². The van der Waals surface area contributed by atoms with Crippen molar-refractivity contribution in [3.63, 3.8) is 0 Å². The third kappa shape index (κ3) is 3.85. The van der Waals surface area contributed by atoms with E-state index in [-0.39, 0.29) is 0 Å². The smallest absolute Gasteiger partial charge is 0.328 e. The first-order chi connectivity index (χ1) is 9.56. The zero-order valence-electron chi connectivity index (χ0n) is 10.2. The van der Waals surface area contributed by atoms with Crippen LogP contribution in [0.4, 0.5) is 4.39 Å². The number of carbonyl (C=O) groups is 1. The summed E-state index contributed by atoms with van der Waals surface area (Å²) in [5.74, 6) is -1.46. The van der Waals surface area contributed by atoms with Crippen molar-refractivity contribution >= 4 is 35.4 Å². The number of carboxylic acids is 1. The largest absolute Gasteiger partial charge is 0.478 e. The van der Waals surface area contributed by atoms with Gasteiger partial charge in [0.2, 0.25) is 0 Å². The second-order valence-corrected chi connectivity index (χ2v) is 5.41. The average molecular weight is 309 g/mol. The highest BCUT2D eigenvalue weighted by molar-refractivity contribution is 7.99. The first-order valence-electron chi connectivity index (χ1n) is 5.69. The molecule has 2 nitrogen and oxygen atoms in total. The number of hydrogen-bond donors (Lipinski definition) is 1. The minimum absolute atomic E-state index is 0.382. The molecule has 0 heterocycles. The minimum Gasteiger partial charge on any atom is -0.478 e. The molecule has 0 saturated carbocycles. The summed E-state index contributed by atoms with van der Waals surface area (Å²) < 4.78 is 13.9. The van der Waals surface area contributed by atoms with Gasteiger partial charge in [-0.25, -0.2) is 9.18 Å². The fraction of sp³-hybridized carbons (Fsp3) is 0. The van der Waals surface area contributed by atoms with E-state index >= 15 is 0 Å². The highest BCUT2D eigenvalue weighted by Gasteiger charge is 2.08. The zero-order chi connectivity index (χ0) is 14.5. The van der Waals surface area contributed by atoms with Gasteiger partial charge in [0.05, 0.1) is 4.90 Å². The third-order valence-electron chi connectivity index (χ3n) is 2.44. The summed E-state index contributed by atoms with van der Waals surface area (Å²) in [6.45, 7) is 0. The molecular formula is C15H10ClFO2S. The number of rotatable bonds is 4. The standard InChI is InChI=1S/C15H10ClFO2S/c16-11-5-7-12(8-6-11)20-15-10(4-9-14(18)19)2-1-3-13(15)17/h1-9H,(H,18,19). The Morgan fingerprint density at radius 1 is 1.20 bits per heavy atom. The van der Waals surface area contributed by atoms with Crippen molar-refractivity contribution in [1.29, 1.82) is 0 Å². The molecule has 0 radical (unpaired) electrons. The van der Waals surface area contributed by atoms with Gasteiger partial charge in [0.15, 0.2) is 0 Å². The fourth-order valence-corrected chi connectivity index (χ4v) is 2.60. The molecule has 20 heavy (non-hydrogen) atoms. The summed E-state index contributed by atoms with van der Waals surface area (Å²) in [4.78, 5) is 11.8. The predicted octanol–water partition coefficient (Wildman–Crippen LogP) is 4.73. The molecule has 2 aromatic rings. The minimum atomic E-state index is -1.07. The molecule has 0 bridgehead atoms. The molecule has 0 aromatic heterocycles. The van der Waals surface area contributed by atoms with Crippen molar-refractivity contribution in [1.82, 2.24) is 0 Å². The lowest BCUT2D eigenvalue weighted by molar-refractivity contribution is -0.131. The first-order valence-corrected chi connectivity index (χ1v) is 6.88. The Labute approximate surface area is 124 Å². The molecule has 1 N–H and O–H groups in total. The number of benzene rings is 2. The van der Waals surface area contributed by atoms with E-state index in [1.54, 1.807) is 36.4 Å². The molecule has 0 aliphatic heterocycles. The predicted molar refractivity (Wildman–Crippen MR) is 78.6 cm³/mol. The summed E-state index contributed by atoms with van der Waals surface area (Å²) in [5, 5.41) is 9.26. The van der Waals surface area contributed by atoms with Gasteiger partial charge in [0.1, 0.15) is 5.82 Å². The Kier molecular flexibility index (Phi) is 4.82. The highest BCUT2D eigenvalue weighted by atomic mass is 35.5. The van der Waals surface area contributed by atoms with Crippen molar-refractivity contribution in [2.75, 3.05) is 0 Å². The van der Waals surface area contributed by atoms with Crippen LogP contribution in [0.5, 0.6) is 0 Å². The van der Waals surface area contributed by atoms with Crippen LogP contribution in [0.15, 0.2) is 58.3 Å². The van der Waals surface area contributed by atoms with Crippen molar-refractivity contribution in [2.45, 2.75) is 9.79 Å². The van der Waals surface area contributed by atoms with Crippen molar-refractivity contribution < 1.29 is 14.3 Å². The maximum Gasteiger partial charge on any atom is 0.328 e. The summed E-state index contributed by atoms with van der Waals surface area (Å²) >= 11 is 7.03. The van der Waals surface area contributed by atoms with Gasteiger partial charge in [-0.3, -0.25) is 0 Å². The molecule has 2 rings (SSSR count). The van der Waals surface area contributed by atoms with Gasteiger partial charge in [-0.2, -0.15) is 0 Å². The quantitative estimate of drug-likeness (QED) is 0.830. The van der Waals surface area contributed by atoms with Crippen LogP contribution in [0.2, 0.25) is 5.02 Å². The maximum absolute atomic E-state index is 13.9. The van der Waals surface area contributed by atoms with E-state index in [9.17, 15) is 9.18 Å². The van der Waals surface area contributed by atoms with Crippen LogP contribution in [0.1, 0.15) is 5.56 Å². The molecule has 0 spiro atoms. The van der Waals surface area contributed by atoms with E-state index in [0.29, 0.717) is 15.5 Å². The van der Waals surface area contributed by atoms with Crippen LogP contribution in [-0.4, -0.2) is 11.1 Å². The van der Waals surface area contributed by atoms with Gasteiger partial charge in [-0.15, -0.1) is 0 Å². The third-order valence-corrected chi connectivity index (χ3v) is 3.83. The van der Waals surface area contributed by atoms with E-state index < -0.39 is 11.8 Å². The highest BCUT2D eigenvalue weighted by Crippen LogP contribution is 2.33. The fourth-order valence-electron chi connectivity index (χ4n) is 1.55. The monoisotopic (exact) mass is 308 g/mol. The lowest BCUT2D eigenvalue weighted by Gasteiger charge is -2.07. The van der Waals surface area contributed by atoms with Gasteiger partial charge in [-0.1, -0.05) is 35.5 Å². The summed E-state index contributed by atoms with van der Waals surface area (Å²) in [6.07, 6.45) is 2.37. The lowest BCUT2D eigenvalue weighted by atomic mass is 10.2. The Hall–Kier alpha value is -1.78. The topological polar surface area (TPSA) is 37.3 Å². The number of carboxylic acid groups (broad SMARTS) is 1. The average Bonchev–Trinajstić information content (AvgIpc) is 2.41. The first kappa shape index (κ1) is 14.6. The molecular weight excluding hydrogens is 299 g/mol. The lowest BCUT2D eigenvalue weighted by Crippen LogP contribution is -1.89. The maximum atomic E-state index is 13.9. The van der Waals surface area contributed by atoms with Crippen LogP contribution >= 0.6 is 23.4 Å². The van der Waals surface area contributed by atoms with E-state index in [4.69, 9.17) is 16.7 Å². The molecule has 0 aliphatic carbocycles. The summed E-state index contributed by atoms with van der Waals surface area (Å²) in [5.41, 5.74) is 0.521. The molecule has 0 saturated heterocycles. The zero-order valence-corrected chi connectivity index (χ0v) is 11.8.